The van der Waals surface area contributed by atoms with Gasteiger partial charge in [-0.1, -0.05) is 32.9 Å². The Labute approximate surface area is 129 Å². The maximum atomic E-state index is 12.2. The molecule has 0 N–H and O–H groups in total. The van der Waals surface area contributed by atoms with Crippen molar-refractivity contribution in [3.05, 3.63) is 70.0 Å². The number of nitrogens with zero attached hydrogens (tertiary/aromatic N) is 2. The molecule has 0 radical (unpaired) electrons. The zero-order chi connectivity index (χ0) is 16.3. The second-order valence-electron chi connectivity index (χ2n) is 6.24. The molecule has 1 aromatic heterocycles. The summed E-state index contributed by atoms with van der Waals surface area (Å²) in [5, 5.41) is 10.8. The van der Waals surface area contributed by atoms with Crippen molar-refractivity contribution >= 4 is 11.5 Å². The average molecular weight is 299 g/mol. The maximum Gasteiger partial charge on any atom is 0.270 e. The number of ketones is 1. The second kappa shape index (κ2) is 6.05. The van der Waals surface area contributed by atoms with Crippen LogP contribution in [0.2, 0.25) is 0 Å². The van der Waals surface area contributed by atoms with E-state index in [2.05, 4.69) is 20.8 Å². The monoisotopic (exact) mass is 299 g/mol. The van der Waals surface area contributed by atoms with Crippen molar-refractivity contribution in [3.63, 3.8) is 0 Å². The van der Waals surface area contributed by atoms with Gasteiger partial charge in [-0.2, -0.15) is 4.57 Å². The molecule has 0 aliphatic carbocycles. The average Bonchev–Trinajstić information content (AvgIpc) is 2.47. The number of Topliss-reactive ketones (excluding diaryl/α,β-unsaturated/α-hetero) is 1. The summed E-state index contributed by atoms with van der Waals surface area (Å²) in [6, 6.07) is 9.79. The maximum absolute atomic E-state index is 12.2. The first-order valence-corrected chi connectivity index (χ1v) is 7.04. The zero-order valence-corrected chi connectivity index (χ0v) is 12.9. The van der Waals surface area contributed by atoms with Crippen molar-refractivity contribution in [2.24, 2.45) is 0 Å². The van der Waals surface area contributed by atoms with Gasteiger partial charge in [0.1, 0.15) is 0 Å². The van der Waals surface area contributed by atoms with Crippen molar-refractivity contribution in [1.29, 1.82) is 0 Å². The molecule has 0 aliphatic rings. The molecule has 1 aromatic carbocycles. The first kappa shape index (κ1) is 15.8. The van der Waals surface area contributed by atoms with E-state index in [1.807, 2.05) is 24.5 Å². The Hall–Kier alpha value is -2.56. The van der Waals surface area contributed by atoms with Gasteiger partial charge in [-0.3, -0.25) is 14.9 Å². The van der Waals surface area contributed by atoms with E-state index < -0.39 is 4.92 Å². The minimum Gasteiger partial charge on any atom is -0.287 e. The lowest BCUT2D eigenvalue weighted by Crippen LogP contribution is -2.37. The Morgan fingerprint density at radius 3 is 2.36 bits per heavy atom. The van der Waals surface area contributed by atoms with E-state index in [0.717, 1.165) is 0 Å². The molecule has 0 spiro atoms. The fraction of sp³-hybridized carbons (Fsp3) is 0.294. The fourth-order valence-corrected chi connectivity index (χ4v) is 2.11. The Kier molecular flexibility index (Phi) is 4.35. The largest absolute Gasteiger partial charge is 0.287 e. The minimum atomic E-state index is -0.498. The van der Waals surface area contributed by atoms with Gasteiger partial charge >= 0.3 is 0 Å². The summed E-state index contributed by atoms with van der Waals surface area (Å²) in [5.74, 6) is -0.155. The van der Waals surface area contributed by atoms with Gasteiger partial charge in [-0.15, -0.1) is 0 Å². The van der Waals surface area contributed by atoms with E-state index in [-0.39, 0.29) is 23.4 Å². The molecule has 1 heterocycles. The topological polar surface area (TPSA) is 64.1 Å². The third-order valence-electron chi connectivity index (χ3n) is 3.46. The van der Waals surface area contributed by atoms with Gasteiger partial charge in [0.2, 0.25) is 12.3 Å². The predicted octanol–water partition coefficient (Wildman–Crippen LogP) is 3.06. The Morgan fingerprint density at radius 2 is 1.82 bits per heavy atom. The number of carbonyl (C=O) groups excluding carboxylic acids is 1. The first-order chi connectivity index (χ1) is 10.3. The predicted molar refractivity (Wildman–Crippen MR) is 82.8 cm³/mol. The smallest absolute Gasteiger partial charge is 0.270 e. The van der Waals surface area contributed by atoms with E-state index in [4.69, 9.17) is 0 Å². The number of hydrogen-bond donors (Lipinski definition) is 0. The minimum absolute atomic E-state index is 0.0587. The number of rotatable bonds is 4. The molecule has 0 unspecified atom stereocenters. The third kappa shape index (κ3) is 3.75. The fourth-order valence-electron chi connectivity index (χ4n) is 2.11. The molecule has 0 aliphatic heterocycles. The SMILES string of the molecule is CC(C)(C)c1cc[n+](CC(=O)c2cccc([N+](=O)[O-])c2)cc1. The van der Waals surface area contributed by atoms with E-state index in [1.165, 1.54) is 23.8 Å². The molecular weight excluding hydrogens is 280 g/mol. The summed E-state index contributed by atoms with van der Waals surface area (Å²) in [4.78, 5) is 22.5. The van der Waals surface area contributed by atoms with E-state index in [9.17, 15) is 14.9 Å². The van der Waals surface area contributed by atoms with Crippen LogP contribution in [0.25, 0.3) is 0 Å². The molecule has 0 saturated heterocycles. The van der Waals surface area contributed by atoms with E-state index in [1.54, 1.807) is 10.6 Å². The zero-order valence-electron chi connectivity index (χ0n) is 12.9. The standard InChI is InChI=1S/C17H19N2O3/c1-17(2,3)14-7-9-18(10-8-14)12-16(20)13-5-4-6-15(11-13)19(21)22/h4-11H,12H2,1-3H3/q+1. The van der Waals surface area contributed by atoms with E-state index >= 15 is 0 Å². The normalized spacial score (nSPS) is 11.2. The number of aromatic nitrogens is 1. The van der Waals surface area contributed by atoms with Crippen molar-refractivity contribution in [2.45, 2.75) is 32.7 Å². The highest BCUT2D eigenvalue weighted by atomic mass is 16.6. The molecule has 22 heavy (non-hydrogen) atoms. The van der Waals surface area contributed by atoms with Gasteiger partial charge in [0.15, 0.2) is 12.4 Å². The molecule has 0 fully saturated rings. The van der Waals surface area contributed by atoms with Crippen LogP contribution in [0.3, 0.4) is 0 Å². The van der Waals surface area contributed by atoms with Gasteiger partial charge in [0, 0.05) is 29.8 Å². The number of non-ortho nitro benzene ring substituents is 1. The molecule has 2 rings (SSSR count). The number of pyridine rings is 1. The molecule has 114 valence electrons. The van der Waals surface area contributed by atoms with Crippen molar-refractivity contribution in [2.75, 3.05) is 0 Å². The van der Waals surface area contributed by atoms with Gasteiger partial charge in [-0.25, -0.2) is 0 Å². The van der Waals surface area contributed by atoms with Crippen LogP contribution in [-0.4, -0.2) is 10.7 Å². The van der Waals surface area contributed by atoms with Crippen LogP contribution in [0.15, 0.2) is 48.8 Å². The summed E-state index contributed by atoms with van der Waals surface area (Å²) in [6.07, 6.45) is 3.71. The van der Waals surface area contributed by atoms with Gasteiger partial charge in [-0.05, 0) is 11.0 Å². The molecule has 0 bridgehead atoms. The number of nitro groups is 1. The van der Waals surface area contributed by atoms with Crippen LogP contribution in [0, 0.1) is 10.1 Å². The van der Waals surface area contributed by atoms with Crippen LogP contribution >= 0.6 is 0 Å². The lowest BCUT2D eigenvalue weighted by molar-refractivity contribution is -0.683. The quantitative estimate of drug-likeness (QED) is 0.377. The van der Waals surface area contributed by atoms with Crippen LogP contribution in [0.5, 0.6) is 0 Å². The molecule has 0 saturated carbocycles. The summed E-state index contributed by atoms with van der Waals surface area (Å²) in [7, 11) is 0. The van der Waals surface area contributed by atoms with Gasteiger partial charge in [0.25, 0.3) is 5.69 Å². The molecular formula is C17H19N2O3+. The summed E-state index contributed by atoms with van der Waals surface area (Å²) >= 11 is 0. The Balaban J connectivity index is 2.15. The third-order valence-corrected chi connectivity index (χ3v) is 3.46. The Morgan fingerprint density at radius 1 is 1.18 bits per heavy atom. The van der Waals surface area contributed by atoms with E-state index in [0.29, 0.717) is 5.56 Å². The summed E-state index contributed by atoms with van der Waals surface area (Å²) < 4.78 is 1.77. The van der Waals surface area contributed by atoms with Crippen molar-refractivity contribution in [3.8, 4) is 0 Å². The van der Waals surface area contributed by atoms with Crippen molar-refractivity contribution < 1.29 is 14.3 Å². The Bertz CT molecular complexity index is 701. The number of carbonyl (C=O) groups is 1. The number of benzene rings is 1. The van der Waals surface area contributed by atoms with Gasteiger partial charge < -0.3 is 0 Å². The highest BCUT2D eigenvalue weighted by Crippen LogP contribution is 2.20. The molecule has 0 atom stereocenters. The number of nitro benzene ring substituents is 1. The van der Waals surface area contributed by atoms with Crippen molar-refractivity contribution in [1.82, 2.24) is 0 Å². The highest BCUT2D eigenvalue weighted by Gasteiger charge is 2.18. The molecule has 2 aromatic rings. The highest BCUT2D eigenvalue weighted by molar-refractivity contribution is 5.95. The lowest BCUT2D eigenvalue weighted by atomic mass is 9.88. The van der Waals surface area contributed by atoms with Crippen LogP contribution in [0.4, 0.5) is 5.69 Å². The lowest BCUT2D eigenvalue weighted by Gasteiger charge is -2.17. The molecule has 5 nitrogen and oxygen atoms in total. The van der Waals surface area contributed by atoms with Crippen LogP contribution < -0.4 is 4.57 Å². The van der Waals surface area contributed by atoms with Crippen LogP contribution in [0.1, 0.15) is 36.7 Å². The number of hydrogen-bond acceptors (Lipinski definition) is 3. The molecule has 5 heteroatoms. The van der Waals surface area contributed by atoms with Crippen LogP contribution in [-0.2, 0) is 12.0 Å². The summed E-state index contributed by atoms with van der Waals surface area (Å²) in [5.41, 5.74) is 1.52. The second-order valence-corrected chi connectivity index (χ2v) is 6.24. The molecule has 0 amide bonds. The summed E-state index contributed by atoms with van der Waals surface area (Å²) in [6.45, 7) is 6.54. The van der Waals surface area contributed by atoms with Gasteiger partial charge in [0.05, 0.1) is 4.92 Å². The first-order valence-electron chi connectivity index (χ1n) is 7.04.